The normalized spacial score (nSPS) is 11.9. The molecule has 192 valence electrons. The maximum Gasteiger partial charge on any atom is 0.159 e. The number of nitrogens with zero attached hydrogens (tertiary/aromatic N) is 1. The molecule has 3 heteroatoms. The summed E-state index contributed by atoms with van der Waals surface area (Å²) in [4.78, 5) is 2.30. The van der Waals surface area contributed by atoms with Crippen molar-refractivity contribution in [1.29, 1.82) is 0 Å². The largest absolute Gasteiger partial charge is 0.456 e. The highest BCUT2D eigenvalue weighted by Crippen LogP contribution is 2.45. The van der Waals surface area contributed by atoms with Crippen molar-refractivity contribution in [2.75, 3.05) is 4.90 Å². The van der Waals surface area contributed by atoms with Crippen LogP contribution < -0.4 is 4.90 Å². The van der Waals surface area contributed by atoms with Gasteiger partial charge < -0.3 is 13.7 Å². The molecule has 0 saturated carbocycles. The molecule has 0 spiro atoms. The minimum Gasteiger partial charge on any atom is -0.456 e. The quantitative estimate of drug-likeness (QED) is 0.215. The highest BCUT2D eigenvalue weighted by Gasteiger charge is 2.21. The van der Waals surface area contributed by atoms with E-state index in [0.717, 1.165) is 60.9 Å². The van der Waals surface area contributed by atoms with Crippen LogP contribution in [0.25, 0.3) is 65.4 Å². The standard InChI is InChI=1S/C38H23NO2/c1-2-10-26(11-3-1)39(27-19-20-29-25(23-27)18-17-24-9-4-5-12-28(24)29)33-15-8-14-30-31-21-22-35-36(38(31)41-37(30)33)32-13-6-7-16-34(32)40-35/h1-23H. The van der Waals surface area contributed by atoms with Gasteiger partial charge >= 0.3 is 0 Å². The summed E-state index contributed by atoms with van der Waals surface area (Å²) >= 11 is 0. The van der Waals surface area contributed by atoms with Crippen molar-refractivity contribution in [3.63, 3.8) is 0 Å². The molecule has 0 amide bonds. The first-order chi connectivity index (χ1) is 20.3. The van der Waals surface area contributed by atoms with E-state index in [0.29, 0.717) is 0 Å². The molecule has 2 heterocycles. The molecule has 9 rings (SSSR count). The van der Waals surface area contributed by atoms with Crippen molar-refractivity contribution in [2.24, 2.45) is 0 Å². The topological polar surface area (TPSA) is 29.5 Å². The third kappa shape index (κ3) is 3.26. The van der Waals surface area contributed by atoms with E-state index in [1.54, 1.807) is 0 Å². The van der Waals surface area contributed by atoms with E-state index in [2.05, 4.69) is 126 Å². The van der Waals surface area contributed by atoms with Crippen molar-refractivity contribution in [3.8, 4) is 0 Å². The fourth-order valence-corrected chi connectivity index (χ4v) is 6.37. The number of para-hydroxylation sites is 3. The minimum atomic E-state index is 0.834. The van der Waals surface area contributed by atoms with Gasteiger partial charge in [0.25, 0.3) is 0 Å². The first kappa shape index (κ1) is 22.3. The smallest absolute Gasteiger partial charge is 0.159 e. The van der Waals surface area contributed by atoms with Gasteiger partial charge in [0, 0.05) is 27.5 Å². The molecule has 0 aliphatic rings. The van der Waals surface area contributed by atoms with Gasteiger partial charge in [-0.1, -0.05) is 91.0 Å². The third-order valence-corrected chi connectivity index (χ3v) is 8.23. The molecule has 3 nitrogen and oxygen atoms in total. The van der Waals surface area contributed by atoms with Crippen LogP contribution >= 0.6 is 0 Å². The molecule has 0 saturated heterocycles. The van der Waals surface area contributed by atoms with E-state index in [1.807, 2.05) is 18.2 Å². The second-order valence-electron chi connectivity index (χ2n) is 10.5. The number of hydrogen-bond donors (Lipinski definition) is 0. The molecule has 0 N–H and O–H groups in total. The Kier molecular flexibility index (Phi) is 4.61. The molecule has 9 aromatic rings. The Morgan fingerprint density at radius 1 is 0.390 bits per heavy atom. The zero-order chi connectivity index (χ0) is 26.9. The number of fused-ring (bicyclic) bond motifs is 10. The minimum absolute atomic E-state index is 0.834. The second-order valence-corrected chi connectivity index (χ2v) is 10.5. The molecular weight excluding hydrogens is 502 g/mol. The molecule has 0 radical (unpaired) electrons. The second kappa shape index (κ2) is 8.48. The van der Waals surface area contributed by atoms with Crippen LogP contribution in [-0.2, 0) is 0 Å². The number of hydrogen-bond acceptors (Lipinski definition) is 3. The zero-order valence-corrected chi connectivity index (χ0v) is 22.0. The van der Waals surface area contributed by atoms with Crippen LogP contribution in [0.4, 0.5) is 17.1 Å². The summed E-state index contributed by atoms with van der Waals surface area (Å²) in [6, 6.07) is 49.0. The SMILES string of the molecule is c1ccc(N(c2ccc3c(ccc4ccccc43)c2)c2cccc3c2oc2c3ccc3oc4ccccc4c32)cc1. The lowest BCUT2D eigenvalue weighted by Gasteiger charge is -2.26. The molecule has 0 aliphatic heterocycles. The maximum atomic E-state index is 6.83. The van der Waals surface area contributed by atoms with Crippen LogP contribution in [0.5, 0.6) is 0 Å². The van der Waals surface area contributed by atoms with Crippen molar-refractivity contribution in [1.82, 2.24) is 0 Å². The van der Waals surface area contributed by atoms with Gasteiger partial charge in [-0.2, -0.15) is 0 Å². The summed E-state index contributed by atoms with van der Waals surface area (Å²) in [5.41, 5.74) is 6.54. The van der Waals surface area contributed by atoms with Crippen molar-refractivity contribution < 1.29 is 8.83 Å². The molecular formula is C38H23NO2. The predicted molar refractivity (Wildman–Crippen MR) is 171 cm³/mol. The Hall–Kier alpha value is -5.54. The first-order valence-corrected chi connectivity index (χ1v) is 13.9. The van der Waals surface area contributed by atoms with Gasteiger partial charge in [0.2, 0.25) is 0 Å². The highest BCUT2D eigenvalue weighted by atomic mass is 16.3. The van der Waals surface area contributed by atoms with Gasteiger partial charge in [-0.3, -0.25) is 0 Å². The summed E-state index contributed by atoms with van der Waals surface area (Å²) in [6.07, 6.45) is 0. The lowest BCUT2D eigenvalue weighted by atomic mass is 10.0. The Bertz CT molecular complexity index is 2430. The van der Waals surface area contributed by atoms with Crippen LogP contribution in [0.15, 0.2) is 148 Å². The van der Waals surface area contributed by atoms with E-state index >= 15 is 0 Å². The highest BCUT2D eigenvalue weighted by molar-refractivity contribution is 6.23. The van der Waals surface area contributed by atoms with Crippen molar-refractivity contribution in [3.05, 3.63) is 140 Å². The number of rotatable bonds is 3. The van der Waals surface area contributed by atoms with Crippen LogP contribution in [0.2, 0.25) is 0 Å². The van der Waals surface area contributed by atoms with Gasteiger partial charge in [-0.05, 0) is 70.1 Å². The molecule has 2 aromatic heterocycles. The average Bonchev–Trinajstić information content (AvgIpc) is 3.60. The fourth-order valence-electron chi connectivity index (χ4n) is 6.37. The third-order valence-electron chi connectivity index (χ3n) is 8.23. The molecule has 0 fully saturated rings. The number of furan rings is 2. The molecule has 0 aliphatic carbocycles. The lowest BCUT2D eigenvalue weighted by Crippen LogP contribution is -2.10. The van der Waals surface area contributed by atoms with Crippen LogP contribution in [0, 0.1) is 0 Å². The zero-order valence-electron chi connectivity index (χ0n) is 22.0. The summed E-state index contributed by atoms with van der Waals surface area (Å²) in [6.45, 7) is 0. The Balaban J connectivity index is 1.33. The van der Waals surface area contributed by atoms with E-state index in [-0.39, 0.29) is 0 Å². The Labute approximate surface area is 235 Å². The lowest BCUT2D eigenvalue weighted by molar-refractivity contribution is 0.663. The van der Waals surface area contributed by atoms with Crippen LogP contribution in [0.3, 0.4) is 0 Å². The van der Waals surface area contributed by atoms with Crippen LogP contribution in [0.1, 0.15) is 0 Å². The summed E-state index contributed by atoms with van der Waals surface area (Å²) in [5.74, 6) is 0. The number of benzene rings is 7. The Morgan fingerprint density at radius 2 is 1.10 bits per heavy atom. The van der Waals surface area contributed by atoms with Gasteiger partial charge in [0.05, 0.1) is 11.1 Å². The maximum absolute atomic E-state index is 6.83. The molecule has 41 heavy (non-hydrogen) atoms. The van der Waals surface area contributed by atoms with E-state index in [1.165, 1.54) is 21.5 Å². The van der Waals surface area contributed by atoms with E-state index in [9.17, 15) is 0 Å². The molecule has 0 bridgehead atoms. The number of anilines is 3. The predicted octanol–water partition coefficient (Wildman–Crippen LogP) is 11.3. The van der Waals surface area contributed by atoms with Gasteiger partial charge in [0.1, 0.15) is 16.7 Å². The van der Waals surface area contributed by atoms with E-state index in [4.69, 9.17) is 8.83 Å². The average molecular weight is 526 g/mol. The fraction of sp³-hybridized carbons (Fsp3) is 0. The summed E-state index contributed by atoms with van der Waals surface area (Å²) < 4.78 is 13.0. The molecule has 7 aromatic carbocycles. The molecule has 0 unspecified atom stereocenters. The van der Waals surface area contributed by atoms with Gasteiger partial charge in [-0.15, -0.1) is 0 Å². The van der Waals surface area contributed by atoms with Gasteiger partial charge in [0.15, 0.2) is 5.58 Å². The summed E-state index contributed by atoms with van der Waals surface area (Å²) in [5, 5.41) is 9.20. The van der Waals surface area contributed by atoms with Crippen molar-refractivity contribution >= 4 is 82.5 Å². The summed E-state index contributed by atoms with van der Waals surface area (Å²) in [7, 11) is 0. The Morgan fingerprint density at radius 3 is 2.02 bits per heavy atom. The van der Waals surface area contributed by atoms with Crippen molar-refractivity contribution in [2.45, 2.75) is 0 Å². The van der Waals surface area contributed by atoms with E-state index < -0.39 is 0 Å². The van der Waals surface area contributed by atoms with Crippen LogP contribution in [-0.4, -0.2) is 0 Å². The van der Waals surface area contributed by atoms with Gasteiger partial charge in [-0.25, -0.2) is 0 Å². The molecule has 0 atom stereocenters. The monoisotopic (exact) mass is 525 g/mol. The first-order valence-electron chi connectivity index (χ1n) is 13.9.